The number of benzene rings is 2. The van der Waals surface area contributed by atoms with Crippen molar-refractivity contribution >= 4 is 23.2 Å². The lowest BCUT2D eigenvalue weighted by atomic mass is 10.0. The van der Waals surface area contributed by atoms with Crippen molar-refractivity contribution < 1.29 is 14.3 Å². The van der Waals surface area contributed by atoms with E-state index in [1.54, 1.807) is 6.07 Å². The van der Waals surface area contributed by atoms with Crippen LogP contribution in [0.5, 0.6) is 11.5 Å². The molecular formula is C20H22ClN3O3. The number of carbonyl (C=O) groups excluding carboxylic acids is 1. The number of piperazine rings is 1. The van der Waals surface area contributed by atoms with Gasteiger partial charge in [-0.25, -0.2) is 0 Å². The third-order valence-electron chi connectivity index (χ3n) is 4.87. The van der Waals surface area contributed by atoms with Gasteiger partial charge >= 0.3 is 0 Å². The first kappa shape index (κ1) is 18.1. The topological polar surface area (TPSA) is 62.8 Å². The van der Waals surface area contributed by atoms with Crippen LogP contribution >= 0.6 is 11.6 Å². The number of hydrogen-bond donors (Lipinski definition) is 2. The Kier molecular flexibility index (Phi) is 5.48. The van der Waals surface area contributed by atoms with Crippen LogP contribution in [-0.2, 0) is 4.79 Å². The predicted molar refractivity (Wildman–Crippen MR) is 104 cm³/mol. The number of carbonyl (C=O) groups is 1. The molecule has 2 aromatic carbocycles. The molecule has 0 saturated carbocycles. The van der Waals surface area contributed by atoms with E-state index in [2.05, 4.69) is 21.6 Å². The average Bonchev–Trinajstić information content (AvgIpc) is 3.14. The molecule has 0 aromatic heterocycles. The smallest absolute Gasteiger partial charge is 0.231 e. The SMILES string of the molecule is O=C(CCN1CCNCC1c1cccc(Cl)c1)Nc1ccc2c(c1)OCO2. The maximum absolute atomic E-state index is 12.4. The largest absolute Gasteiger partial charge is 0.454 e. The van der Waals surface area contributed by atoms with Gasteiger partial charge in [0.05, 0.1) is 0 Å². The highest BCUT2D eigenvalue weighted by molar-refractivity contribution is 6.30. The fourth-order valence-electron chi connectivity index (χ4n) is 3.50. The van der Waals surface area contributed by atoms with Gasteiger partial charge in [0.2, 0.25) is 12.7 Å². The molecule has 0 spiro atoms. The van der Waals surface area contributed by atoms with Crippen molar-refractivity contribution in [3.8, 4) is 11.5 Å². The molecule has 2 aliphatic heterocycles. The molecule has 27 heavy (non-hydrogen) atoms. The Balaban J connectivity index is 1.35. The van der Waals surface area contributed by atoms with E-state index in [0.29, 0.717) is 24.5 Å². The quantitative estimate of drug-likeness (QED) is 0.825. The highest BCUT2D eigenvalue weighted by Gasteiger charge is 2.24. The summed E-state index contributed by atoms with van der Waals surface area (Å²) in [7, 11) is 0. The molecule has 1 amide bonds. The van der Waals surface area contributed by atoms with E-state index < -0.39 is 0 Å². The minimum Gasteiger partial charge on any atom is -0.454 e. The number of fused-ring (bicyclic) bond motifs is 1. The van der Waals surface area contributed by atoms with Crippen LogP contribution < -0.4 is 20.1 Å². The van der Waals surface area contributed by atoms with Crippen LogP contribution in [-0.4, -0.2) is 43.8 Å². The third-order valence-corrected chi connectivity index (χ3v) is 5.11. The number of amides is 1. The number of nitrogens with one attached hydrogen (secondary N) is 2. The average molecular weight is 388 g/mol. The molecular weight excluding hydrogens is 366 g/mol. The Morgan fingerprint density at radius 2 is 2.11 bits per heavy atom. The summed E-state index contributed by atoms with van der Waals surface area (Å²) in [5.74, 6) is 1.35. The van der Waals surface area contributed by atoms with Crippen LogP contribution in [0, 0.1) is 0 Å². The van der Waals surface area contributed by atoms with Crippen molar-refractivity contribution in [1.29, 1.82) is 0 Å². The maximum Gasteiger partial charge on any atom is 0.231 e. The Morgan fingerprint density at radius 3 is 3.00 bits per heavy atom. The van der Waals surface area contributed by atoms with Crippen molar-refractivity contribution in [2.45, 2.75) is 12.5 Å². The van der Waals surface area contributed by atoms with E-state index in [4.69, 9.17) is 21.1 Å². The summed E-state index contributed by atoms with van der Waals surface area (Å²) >= 11 is 6.15. The molecule has 2 aromatic rings. The van der Waals surface area contributed by atoms with Crippen molar-refractivity contribution in [2.24, 2.45) is 0 Å². The number of hydrogen-bond acceptors (Lipinski definition) is 5. The van der Waals surface area contributed by atoms with E-state index in [1.807, 2.05) is 30.3 Å². The molecule has 7 heteroatoms. The van der Waals surface area contributed by atoms with E-state index >= 15 is 0 Å². The van der Waals surface area contributed by atoms with Crippen molar-refractivity contribution in [1.82, 2.24) is 10.2 Å². The van der Waals surface area contributed by atoms with Crippen molar-refractivity contribution in [2.75, 3.05) is 38.3 Å². The van der Waals surface area contributed by atoms with Crippen molar-refractivity contribution in [3.63, 3.8) is 0 Å². The second-order valence-electron chi connectivity index (χ2n) is 6.68. The Bertz CT molecular complexity index is 830. The van der Waals surface area contributed by atoms with Gasteiger partial charge in [-0.2, -0.15) is 0 Å². The lowest BCUT2D eigenvalue weighted by Gasteiger charge is -2.36. The van der Waals surface area contributed by atoms with Gasteiger partial charge in [-0.05, 0) is 29.8 Å². The van der Waals surface area contributed by atoms with Gasteiger partial charge in [-0.15, -0.1) is 0 Å². The zero-order chi connectivity index (χ0) is 18.6. The van der Waals surface area contributed by atoms with Crippen LogP contribution in [0.4, 0.5) is 5.69 Å². The molecule has 1 fully saturated rings. The Labute approximate surface area is 163 Å². The standard InChI is InChI=1S/C20H22ClN3O3/c21-15-3-1-2-14(10-15)17-12-22-7-9-24(17)8-6-20(25)23-16-4-5-18-19(11-16)27-13-26-18/h1-5,10-11,17,22H,6-9,12-13H2,(H,23,25). The second-order valence-corrected chi connectivity index (χ2v) is 7.11. The summed E-state index contributed by atoms with van der Waals surface area (Å²) in [5.41, 5.74) is 1.89. The first-order valence-electron chi connectivity index (χ1n) is 9.09. The number of halogens is 1. The van der Waals surface area contributed by atoms with Gasteiger partial charge in [-0.3, -0.25) is 9.69 Å². The number of nitrogens with zero attached hydrogens (tertiary/aromatic N) is 1. The fourth-order valence-corrected chi connectivity index (χ4v) is 3.70. The molecule has 0 bridgehead atoms. The first-order chi connectivity index (χ1) is 13.2. The van der Waals surface area contributed by atoms with Crippen LogP contribution in [0.25, 0.3) is 0 Å². The van der Waals surface area contributed by atoms with Gasteiger partial charge in [-0.1, -0.05) is 23.7 Å². The normalized spacial score (nSPS) is 19.1. The molecule has 1 saturated heterocycles. The summed E-state index contributed by atoms with van der Waals surface area (Å²) in [6.45, 7) is 3.58. The maximum atomic E-state index is 12.4. The summed E-state index contributed by atoms with van der Waals surface area (Å²) < 4.78 is 10.6. The molecule has 1 unspecified atom stereocenters. The Morgan fingerprint density at radius 1 is 1.22 bits per heavy atom. The van der Waals surface area contributed by atoms with Crippen LogP contribution in [0.2, 0.25) is 5.02 Å². The monoisotopic (exact) mass is 387 g/mol. The minimum atomic E-state index is -0.0164. The molecule has 2 heterocycles. The number of rotatable bonds is 5. The summed E-state index contributed by atoms with van der Waals surface area (Å²) in [6.07, 6.45) is 0.422. The zero-order valence-electron chi connectivity index (χ0n) is 14.9. The fraction of sp³-hybridized carbons (Fsp3) is 0.350. The summed E-state index contributed by atoms with van der Waals surface area (Å²) in [6, 6.07) is 13.6. The van der Waals surface area contributed by atoms with E-state index in [0.717, 1.165) is 30.3 Å². The van der Waals surface area contributed by atoms with Crippen LogP contribution in [0.3, 0.4) is 0 Å². The molecule has 2 aliphatic rings. The lowest BCUT2D eigenvalue weighted by Crippen LogP contribution is -2.46. The van der Waals surface area contributed by atoms with Gasteiger partial charge in [0.1, 0.15) is 0 Å². The summed E-state index contributed by atoms with van der Waals surface area (Å²) in [5, 5.41) is 7.09. The van der Waals surface area contributed by atoms with Gasteiger partial charge < -0.3 is 20.1 Å². The Hall–Kier alpha value is -2.28. The number of anilines is 1. The van der Waals surface area contributed by atoms with Gasteiger partial charge in [0.15, 0.2) is 11.5 Å². The van der Waals surface area contributed by atoms with E-state index in [-0.39, 0.29) is 18.7 Å². The van der Waals surface area contributed by atoms with Crippen molar-refractivity contribution in [3.05, 3.63) is 53.1 Å². The first-order valence-corrected chi connectivity index (χ1v) is 9.46. The van der Waals surface area contributed by atoms with E-state index in [9.17, 15) is 4.79 Å². The minimum absolute atomic E-state index is 0.0164. The predicted octanol–water partition coefficient (Wildman–Crippen LogP) is 3.04. The molecule has 4 rings (SSSR count). The number of ether oxygens (including phenoxy) is 2. The molecule has 0 radical (unpaired) electrons. The lowest BCUT2D eigenvalue weighted by molar-refractivity contribution is -0.116. The third kappa shape index (κ3) is 4.35. The molecule has 0 aliphatic carbocycles. The van der Waals surface area contributed by atoms with Gasteiger partial charge in [0.25, 0.3) is 0 Å². The molecule has 142 valence electrons. The van der Waals surface area contributed by atoms with E-state index in [1.165, 1.54) is 5.56 Å². The highest BCUT2D eigenvalue weighted by Crippen LogP contribution is 2.34. The molecule has 2 N–H and O–H groups in total. The van der Waals surface area contributed by atoms with Crippen LogP contribution in [0.15, 0.2) is 42.5 Å². The zero-order valence-corrected chi connectivity index (χ0v) is 15.7. The van der Waals surface area contributed by atoms with Crippen LogP contribution in [0.1, 0.15) is 18.0 Å². The van der Waals surface area contributed by atoms with Gasteiger partial charge in [0, 0.05) is 55.4 Å². The molecule has 1 atom stereocenters. The highest BCUT2D eigenvalue weighted by atomic mass is 35.5. The summed E-state index contributed by atoms with van der Waals surface area (Å²) in [4.78, 5) is 14.7. The molecule has 6 nitrogen and oxygen atoms in total. The second kappa shape index (κ2) is 8.17.